The summed E-state index contributed by atoms with van der Waals surface area (Å²) in [5.74, 6) is 0.239. The number of amides is 1. The summed E-state index contributed by atoms with van der Waals surface area (Å²) in [7, 11) is 1.58. The molecule has 0 aliphatic heterocycles. The standard InChI is InChI=1S/C22H19N3O3S/c1-13-7-8-17(14(2)11-13)24-21-16(20(26)25-22-23-9-10-29-22)12-15-5-4-6-18(27-3)19(15)28-21/h4-12H,1-3H3,(H,23,25,26). The molecule has 7 heteroatoms. The Morgan fingerprint density at radius 2 is 2.07 bits per heavy atom. The number of nitrogens with one attached hydrogen (secondary N) is 1. The van der Waals surface area contributed by atoms with Gasteiger partial charge in [-0.3, -0.25) is 10.1 Å². The Balaban J connectivity index is 1.93. The van der Waals surface area contributed by atoms with Gasteiger partial charge in [0.05, 0.1) is 12.8 Å². The van der Waals surface area contributed by atoms with Crippen LogP contribution in [-0.4, -0.2) is 18.0 Å². The molecular formula is C22H19N3O3S. The zero-order chi connectivity index (χ0) is 20.4. The number of hydrogen-bond acceptors (Lipinski definition) is 6. The number of nitrogens with zero attached hydrogens (tertiary/aromatic N) is 2. The van der Waals surface area contributed by atoms with Gasteiger partial charge in [-0.1, -0.05) is 29.8 Å². The minimum atomic E-state index is -0.336. The first-order valence-electron chi connectivity index (χ1n) is 8.99. The van der Waals surface area contributed by atoms with E-state index in [0.29, 0.717) is 22.0 Å². The van der Waals surface area contributed by atoms with E-state index in [0.717, 1.165) is 22.2 Å². The predicted molar refractivity (Wildman–Crippen MR) is 114 cm³/mol. The lowest BCUT2D eigenvalue weighted by atomic mass is 10.1. The average molecular weight is 405 g/mol. The van der Waals surface area contributed by atoms with Crippen LogP contribution in [0.15, 0.2) is 63.5 Å². The summed E-state index contributed by atoms with van der Waals surface area (Å²) >= 11 is 1.35. The van der Waals surface area contributed by atoms with E-state index in [1.807, 2.05) is 50.2 Å². The molecule has 2 aromatic carbocycles. The topological polar surface area (TPSA) is 76.7 Å². The number of para-hydroxylation sites is 1. The molecule has 2 heterocycles. The number of aryl methyl sites for hydroxylation is 2. The van der Waals surface area contributed by atoms with E-state index in [2.05, 4.69) is 15.3 Å². The van der Waals surface area contributed by atoms with Gasteiger partial charge in [0.1, 0.15) is 5.56 Å². The fourth-order valence-corrected chi connectivity index (χ4v) is 3.54. The number of thiazole rings is 1. The van der Waals surface area contributed by atoms with Gasteiger partial charge in [-0.2, -0.15) is 0 Å². The highest BCUT2D eigenvalue weighted by atomic mass is 32.1. The molecule has 0 spiro atoms. The Kier molecular flexibility index (Phi) is 5.14. The number of rotatable bonds is 4. The number of anilines is 1. The van der Waals surface area contributed by atoms with Crippen LogP contribution in [-0.2, 0) is 0 Å². The van der Waals surface area contributed by atoms with E-state index in [9.17, 15) is 4.79 Å². The second-order valence-corrected chi connectivity index (χ2v) is 7.43. The molecule has 0 fully saturated rings. The Bertz CT molecular complexity index is 1260. The van der Waals surface area contributed by atoms with Gasteiger partial charge in [0.25, 0.3) is 5.91 Å². The van der Waals surface area contributed by atoms with Gasteiger partial charge < -0.3 is 9.15 Å². The maximum absolute atomic E-state index is 13.0. The van der Waals surface area contributed by atoms with Crippen molar-refractivity contribution in [1.29, 1.82) is 0 Å². The molecule has 0 radical (unpaired) electrons. The Morgan fingerprint density at radius 1 is 1.21 bits per heavy atom. The number of carbonyl (C=O) groups excluding carboxylic acids is 1. The van der Waals surface area contributed by atoms with Crippen molar-refractivity contribution in [3.8, 4) is 5.75 Å². The van der Waals surface area contributed by atoms with Crippen molar-refractivity contribution in [2.75, 3.05) is 12.4 Å². The molecule has 4 aromatic rings. The maximum Gasteiger partial charge on any atom is 0.262 e. The highest BCUT2D eigenvalue weighted by Crippen LogP contribution is 2.26. The fourth-order valence-electron chi connectivity index (χ4n) is 3.02. The zero-order valence-corrected chi connectivity index (χ0v) is 17.0. The van der Waals surface area contributed by atoms with E-state index < -0.39 is 0 Å². The molecule has 6 nitrogen and oxygen atoms in total. The molecule has 1 N–H and O–H groups in total. The summed E-state index contributed by atoms with van der Waals surface area (Å²) in [6.07, 6.45) is 1.64. The van der Waals surface area contributed by atoms with Crippen molar-refractivity contribution >= 4 is 39.0 Å². The maximum atomic E-state index is 13.0. The molecule has 2 aromatic heterocycles. The summed E-state index contributed by atoms with van der Waals surface area (Å²) < 4.78 is 11.5. The van der Waals surface area contributed by atoms with Crippen LogP contribution in [0.25, 0.3) is 11.0 Å². The molecule has 0 unspecified atom stereocenters. The third-order valence-electron chi connectivity index (χ3n) is 4.43. The number of aromatic nitrogens is 1. The van der Waals surface area contributed by atoms with E-state index in [4.69, 9.17) is 9.15 Å². The Hall–Kier alpha value is -3.45. The van der Waals surface area contributed by atoms with Gasteiger partial charge >= 0.3 is 0 Å². The van der Waals surface area contributed by atoms with Crippen molar-refractivity contribution in [3.05, 3.63) is 76.3 Å². The van der Waals surface area contributed by atoms with E-state index in [-0.39, 0.29) is 11.5 Å². The van der Waals surface area contributed by atoms with Crippen molar-refractivity contribution in [3.63, 3.8) is 0 Å². The molecule has 0 saturated carbocycles. The van der Waals surface area contributed by atoms with Crippen molar-refractivity contribution in [2.24, 2.45) is 4.99 Å². The first-order valence-corrected chi connectivity index (χ1v) is 9.87. The zero-order valence-electron chi connectivity index (χ0n) is 16.2. The van der Waals surface area contributed by atoms with Gasteiger partial charge in [-0.05, 0) is 37.6 Å². The number of fused-ring (bicyclic) bond motifs is 1. The van der Waals surface area contributed by atoms with Crippen LogP contribution >= 0.6 is 11.3 Å². The minimum absolute atomic E-state index is 0.211. The van der Waals surface area contributed by atoms with Crippen LogP contribution in [0.4, 0.5) is 10.8 Å². The quantitative estimate of drug-likeness (QED) is 0.518. The van der Waals surface area contributed by atoms with Crippen LogP contribution in [0.3, 0.4) is 0 Å². The van der Waals surface area contributed by atoms with Crippen LogP contribution in [0.1, 0.15) is 21.5 Å². The average Bonchev–Trinajstić information content (AvgIpc) is 3.22. The van der Waals surface area contributed by atoms with Gasteiger partial charge in [0, 0.05) is 17.0 Å². The Labute approximate surface area is 171 Å². The van der Waals surface area contributed by atoms with Crippen LogP contribution in [0.5, 0.6) is 5.75 Å². The summed E-state index contributed by atoms with van der Waals surface area (Å²) in [5, 5.41) is 5.85. The lowest BCUT2D eigenvalue weighted by Crippen LogP contribution is -2.21. The number of carbonyl (C=O) groups is 1. The summed E-state index contributed by atoms with van der Waals surface area (Å²) in [5.41, 5.74) is 3.93. The summed E-state index contributed by atoms with van der Waals surface area (Å²) in [6, 6.07) is 13.2. The van der Waals surface area contributed by atoms with Gasteiger partial charge in [-0.15, -0.1) is 11.3 Å². The van der Waals surface area contributed by atoms with E-state index >= 15 is 0 Å². The molecular weight excluding hydrogens is 386 g/mol. The number of methoxy groups -OCH3 is 1. The van der Waals surface area contributed by atoms with Gasteiger partial charge in [0.15, 0.2) is 16.5 Å². The van der Waals surface area contributed by atoms with E-state index in [1.54, 1.807) is 24.8 Å². The smallest absolute Gasteiger partial charge is 0.262 e. The van der Waals surface area contributed by atoms with Crippen LogP contribution in [0.2, 0.25) is 0 Å². The molecule has 29 heavy (non-hydrogen) atoms. The van der Waals surface area contributed by atoms with Crippen molar-refractivity contribution in [2.45, 2.75) is 13.8 Å². The number of hydrogen-bond donors (Lipinski definition) is 1. The first kappa shape index (κ1) is 18.9. The molecule has 0 aliphatic carbocycles. The molecule has 0 bridgehead atoms. The predicted octanol–water partition coefficient (Wildman–Crippen LogP) is 5.00. The van der Waals surface area contributed by atoms with Gasteiger partial charge in [-0.25, -0.2) is 9.98 Å². The molecule has 0 aliphatic rings. The van der Waals surface area contributed by atoms with Crippen molar-refractivity contribution < 1.29 is 13.9 Å². The second kappa shape index (κ2) is 7.89. The highest BCUT2D eigenvalue weighted by molar-refractivity contribution is 7.13. The number of benzene rings is 2. The summed E-state index contributed by atoms with van der Waals surface area (Å²) in [6.45, 7) is 4.00. The lowest BCUT2D eigenvalue weighted by molar-refractivity contribution is 0.102. The first-order chi connectivity index (χ1) is 14.0. The molecule has 0 atom stereocenters. The van der Waals surface area contributed by atoms with Crippen LogP contribution < -0.4 is 15.6 Å². The van der Waals surface area contributed by atoms with Gasteiger partial charge in [0.2, 0.25) is 5.55 Å². The fraction of sp³-hybridized carbons (Fsp3) is 0.136. The number of ether oxygens (including phenoxy) is 1. The normalized spacial score (nSPS) is 11.6. The molecule has 4 rings (SSSR count). The molecule has 146 valence electrons. The minimum Gasteiger partial charge on any atom is -0.493 e. The van der Waals surface area contributed by atoms with Crippen LogP contribution in [0, 0.1) is 13.8 Å². The summed E-state index contributed by atoms with van der Waals surface area (Å²) in [4.78, 5) is 21.7. The second-order valence-electron chi connectivity index (χ2n) is 6.54. The SMILES string of the molecule is COc1cccc2cc(C(=O)Nc3nccs3)c(=Nc3ccc(C)cc3C)oc12. The third-order valence-corrected chi connectivity index (χ3v) is 5.12. The third kappa shape index (κ3) is 3.90. The monoisotopic (exact) mass is 405 g/mol. The molecule has 1 amide bonds. The largest absolute Gasteiger partial charge is 0.493 e. The van der Waals surface area contributed by atoms with E-state index in [1.165, 1.54) is 11.3 Å². The highest BCUT2D eigenvalue weighted by Gasteiger charge is 2.16. The van der Waals surface area contributed by atoms with Crippen molar-refractivity contribution in [1.82, 2.24) is 4.98 Å². The lowest BCUT2D eigenvalue weighted by Gasteiger charge is -2.08. The molecule has 0 saturated heterocycles. The Morgan fingerprint density at radius 3 is 2.79 bits per heavy atom.